The molecule has 0 fully saturated rings. The van der Waals surface area contributed by atoms with E-state index < -0.39 is 15.9 Å². The van der Waals surface area contributed by atoms with E-state index in [0.29, 0.717) is 16.5 Å². The van der Waals surface area contributed by atoms with Crippen molar-refractivity contribution in [1.29, 1.82) is 5.26 Å². The molecule has 0 radical (unpaired) electrons. The molecule has 2 aromatic carbocycles. The molecule has 146 valence electrons. The first-order chi connectivity index (χ1) is 13.2. The first-order valence-electron chi connectivity index (χ1n) is 7.85. The Bertz CT molecular complexity index is 1040. The van der Waals surface area contributed by atoms with Crippen LogP contribution in [0.2, 0.25) is 5.02 Å². The van der Waals surface area contributed by atoms with Gasteiger partial charge in [-0.1, -0.05) is 23.7 Å². The number of methoxy groups -OCH3 is 1. The van der Waals surface area contributed by atoms with E-state index in [0.717, 1.165) is 5.56 Å². The van der Waals surface area contributed by atoms with Crippen molar-refractivity contribution in [2.75, 3.05) is 12.4 Å². The van der Waals surface area contributed by atoms with Crippen LogP contribution in [0.15, 0.2) is 59.1 Å². The highest BCUT2D eigenvalue weighted by molar-refractivity contribution is 7.89. The topological polar surface area (TPSA) is 134 Å². The highest BCUT2D eigenvalue weighted by Crippen LogP contribution is 2.27. The summed E-state index contributed by atoms with van der Waals surface area (Å²) in [4.78, 5) is 12.3. The first kappa shape index (κ1) is 21.2. The van der Waals surface area contributed by atoms with E-state index in [1.54, 1.807) is 30.3 Å². The van der Waals surface area contributed by atoms with Crippen LogP contribution in [0.4, 0.5) is 5.69 Å². The number of hydrogen-bond acceptors (Lipinski definition) is 6. The number of nitrogens with zero attached hydrogens (tertiary/aromatic N) is 1. The highest BCUT2D eigenvalue weighted by atomic mass is 35.5. The van der Waals surface area contributed by atoms with Gasteiger partial charge in [0.2, 0.25) is 10.0 Å². The van der Waals surface area contributed by atoms with E-state index in [1.165, 1.54) is 31.5 Å². The summed E-state index contributed by atoms with van der Waals surface area (Å²) < 4.78 is 27.6. The molecule has 10 heteroatoms. The molecule has 0 aliphatic carbocycles. The van der Waals surface area contributed by atoms with Gasteiger partial charge in [0.05, 0.1) is 17.7 Å². The molecule has 0 aliphatic heterocycles. The predicted molar refractivity (Wildman–Crippen MR) is 105 cm³/mol. The number of anilines is 1. The molecule has 2 rings (SSSR count). The van der Waals surface area contributed by atoms with Crippen LogP contribution in [0.1, 0.15) is 5.56 Å². The van der Waals surface area contributed by atoms with Crippen molar-refractivity contribution >= 4 is 33.2 Å². The molecule has 8 nitrogen and oxygen atoms in total. The average Bonchev–Trinajstić information content (AvgIpc) is 2.65. The van der Waals surface area contributed by atoms with Gasteiger partial charge in [0, 0.05) is 17.8 Å². The number of halogens is 1. The third kappa shape index (κ3) is 5.72. The van der Waals surface area contributed by atoms with Crippen molar-refractivity contribution in [2.24, 2.45) is 5.14 Å². The standard InChI is InChI=1S/C18H17ClN4O4S/c1-27-17-7-4-14(19)8-16(17)23-18(24)13(9-20)11-22-10-12-2-5-15(6-3-12)28(21,25)26/h2-8,11,22H,10H2,1H3,(H,23,24)(H2,21,25,26)/b13-11-. The highest BCUT2D eigenvalue weighted by Gasteiger charge is 2.13. The zero-order chi connectivity index (χ0) is 20.7. The molecule has 0 bridgehead atoms. The zero-order valence-electron chi connectivity index (χ0n) is 14.8. The molecule has 0 spiro atoms. The fourth-order valence-corrected chi connectivity index (χ4v) is 2.87. The summed E-state index contributed by atoms with van der Waals surface area (Å²) in [5.74, 6) is -0.238. The van der Waals surface area contributed by atoms with Gasteiger partial charge >= 0.3 is 0 Å². The van der Waals surface area contributed by atoms with Crippen LogP contribution in [0.3, 0.4) is 0 Å². The number of sulfonamides is 1. The second-order valence-electron chi connectivity index (χ2n) is 5.54. The van der Waals surface area contributed by atoms with Crippen molar-refractivity contribution in [3.63, 3.8) is 0 Å². The monoisotopic (exact) mass is 420 g/mol. The minimum absolute atomic E-state index is 0.000599. The number of rotatable bonds is 7. The number of amides is 1. The van der Waals surface area contributed by atoms with Gasteiger partial charge in [0.15, 0.2) is 0 Å². The molecular formula is C18H17ClN4O4S. The second kappa shape index (κ2) is 9.23. The number of nitrogens with two attached hydrogens (primary N) is 1. The van der Waals surface area contributed by atoms with Crippen LogP contribution in [0.5, 0.6) is 5.75 Å². The van der Waals surface area contributed by atoms with Crippen molar-refractivity contribution in [3.05, 3.63) is 64.8 Å². The van der Waals surface area contributed by atoms with Gasteiger partial charge in [-0.05, 0) is 35.9 Å². The lowest BCUT2D eigenvalue weighted by Gasteiger charge is -2.10. The molecule has 0 unspecified atom stereocenters. The van der Waals surface area contributed by atoms with Gasteiger partial charge in [0.1, 0.15) is 17.4 Å². The number of ether oxygens (including phenoxy) is 1. The van der Waals surface area contributed by atoms with Crippen LogP contribution in [-0.4, -0.2) is 21.4 Å². The van der Waals surface area contributed by atoms with Crippen LogP contribution >= 0.6 is 11.6 Å². The number of nitrogens with one attached hydrogen (secondary N) is 2. The Labute approximate surface area is 167 Å². The normalized spacial score (nSPS) is 11.4. The molecule has 4 N–H and O–H groups in total. The summed E-state index contributed by atoms with van der Waals surface area (Å²) in [6.45, 7) is 0.268. The molecule has 28 heavy (non-hydrogen) atoms. The van der Waals surface area contributed by atoms with Gasteiger partial charge in [-0.15, -0.1) is 0 Å². The number of primary sulfonamides is 1. The van der Waals surface area contributed by atoms with Gasteiger partial charge in [-0.3, -0.25) is 4.79 Å². The van der Waals surface area contributed by atoms with Crippen molar-refractivity contribution in [3.8, 4) is 11.8 Å². The van der Waals surface area contributed by atoms with E-state index in [-0.39, 0.29) is 17.0 Å². The molecule has 1 amide bonds. The van der Waals surface area contributed by atoms with Gasteiger partial charge < -0.3 is 15.4 Å². The molecule has 0 atom stereocenters. The number of carbonyl (C=O) groups excluding carboxylic acids is 1. The Morgan fingerprint density at radius 1 is 1.29 bits per heavy atom. The zero-order valence-corrected chi connectivity index (χ0v) is 16.3. The smallest absolute Gasteiger partial charge is 0.267 e. The van der Waals surface area contributed by atoms with Crippen molar-refractivity contribution < 1.29 is 17.9 Å². The summed E-state index contributed by atoms with van der Waals surface area (Å²) in [6.07, 6.45) is 1.26. The van der Waals surface area contributed by atoms with Crippen LogP contribution in [-0.2, 0) is 21.4 Å². The summed E-state index contributed by atoms with van der Waals surface area (Å²) in [5.41, 5.74) is 0.903. The number of nitriles is 1. The summed E-state index contributed by atoms with van der Waals surface area (Å²) in [6, 6.07) is 12.4. The first-order valence-corrected chi connectivity index (χ1v) is 9.77. The van der Waals surface area contributed by atoms with Crippen LogP contribution in [0, 0.1) is 11.3 Å². The maximum atomic E-state index is 12.3. The van der Waals surface area contributed by atoms with E-state index >= 15 is 0 Å². The Kier molecular flexibility index (Phi) is 7.00. The maximum Gasteiger partial charge on any atom is 0.267 e. The minimum atomic E-state index is -3.76. The number of benzene rings is 2. The van der Waals surface area contributed by atoms with Crippen molar-refractivity contribution in [1.82, 2.24) is 5.32 Å². The third-order valence-corrected chi connectivity index (χ3v) is 4.74. The molecule has 0 heterocycles. The summed E-state index contributed by atoms with van der Waals surface area (Å²) in [5, 5.41) is 20.1. The molecule has 0 aromatic heterocycles. The quantitative estimate of drug-likeness (QED) is 0.464. The van der Waals surface area contributed by atoms with E-state index in [2.05, 4.69) is 10.6 Å². The summed E-state index contributed by atoms with van der Waals surface area (Å²) in [7, 11) is -2.31. The Hall–Kier alpha value is -3.06. The molecule has 0 saturated carbocycles. The summed E-state index contributed by atoms with van der Waals surface area (Å²) >= 11 is 5.92. The lowest BCUT2D eigenvalue weighted by Crippen LogP contribution is -2.17. The predicted octanol–water partition coefficient (Wildman–Crippen LogP) is 2.13. The molecule has 2 aromatic rings. The fraction of sp³-hybridized carbons (Fsp3) is 0.111. The lowest BCUT2D eigenvalue weighted by atomic mass is 10.2. The maximum absolute atomic E-state index is 12.3. The van der Waals surface area contributed by atoms with E-state index in [4.69, 9.17) is 21.5 Å². The Morgan fingerprint density at radius 3 is 2.54 bits per heavy atom. The molecule has 0 aliphatic rings. The third-order valence-electron chi connectivity index (χ3n) is 3.58. The van der Waals surface area contributed by atoms with Crippen LogP contribution < -0.4 is 20.5 Å². The Morgan fingerprint density at radius 2 is 1.96 bits per heavy atom. The second-order valence-corrected chi connectivity index (χ2v) is 7.54. The molecular weight excluding hydrogens is 404 g/mol. The van der Waals surface area contributed by atoms with Gasteiger partial charge in [-0.2, -0.15) is 5.26 Å². The van der Waals surface area contributed by atoms with Gasteiger partial charge in [-0.25, -0.2) is 13.6 Å². The fourth-order valence-electron chi connectivity index (χ4n) is 2.18. The minimum Gasteiger partial charge on any atom is -0.495 e. The van der Waals surface area contributed by atoms with E-state index in [1.807, 2.05) is 0 Å². The largest absolute Gasteiger partial charge is 0.495 e. The van der Waals surface area contributed by atoms with Gasteiger partial charge in [0.25, 0.3) is 5.91 Å². The molecule has 0 saturated heterocycles. The van der Waals surface area contributed by atoms with Crippen LogP contribution in [0.25, 0.3) is 0 Å². The average molecular weight is 421 g/mol. The lowest BCUT2D eigenvalue weighted by molar-refractivity contribution is -0.112. The van der Waals surface area contributed by atoms with E-state index in [9.17, 15) is 18.5 Å². The Balaban J connectivity index is 2.05. The number of carbonyl (C=O) groups is 1. The van der Waals surface area contributed by atoms with Crippen molar-refractivity contribution in [2.45, 2.75) is 11.4 Å². The SMILES string of the molecule is COc1ccc(Cl)cc1NC(=O)/C(C#N)=C\NCc1ccc(S(N)(=O)=O)cc1. The number of hydrogen-bond donors (Lipinski definition) is 3.